The van der Waals surface area contributed by atoms with Crippen LogP contribution in [0.2, 0.25) is 0 Å². The largest absolute Gasteiger partial charge is 1.00 e. The predicted octanol–water partition coefficient (Wildman–Crippen LogP) is -2.58. The van der Waals surface area contributed by atoms with E-state index in [1.54, 1.807) is 0 Å². The van der Waals surface area contributed by atoms with Crippen molar-refractivity contribution in [3.63, 3.8) is 0 Å². The molecule has 0 bridgehead atoms. The first kappa shape index (κ1) is 32.1. The molecule has 2 fully saturated rings. The Morgan fingerprint density at radius 3 is 1.68 bits per heavy atom. The molecule has 0 aliphatic carbocycles. The van der Waals surface area contributed by atoms with Gasteiger partial charge in [0.15, 0.2) is 6.29 Å². The van der Waals surface area contributed by atoms with Crippen molar-refractivity contribution < 1.29 is 72.3 Å². The molecule has 4 unspecified atom stereocenters. The Kier molecular flexibility index (Phi) is 16.5. The smallest absolute Gasteiger partial charge is 0.759 e. The van der Waals surface area contributed by atoms with Crippen LogP contribution < -0.4 is 0 Å². The van der Waals surface area contributed by atoms with Crippen molar-refractivity contribution in [3.8, 4) is 0 Å². The van der Waals surface area contributed by atoms with Crippen LogP contribution in [0.15, 0.2) is 0 Å². The van der Waals surface area contributed by atoms with Gasteiger partial charge in [-0.25, -0.2) is 0 Å². The van der Waals surface area contributed by atoms with Gasteiger partial charge in [-0.15, -0.1) is 0 Å². The number of rotatable bonds is 7. The van der Waals surface area contributed by atoms with Crippen molar-refractivity contribution in [2.24, 2.45) is 0 Å². The zero-order valence-corrected chi connectivity index (χ0v) is 21.9. The van der Waals surface area contributed by atoms with Crippen LogP contribution in [0, 0.1) is 0 Å². The summed E-state index contributed by atoms with van der Waals surface area (Å²) in [7, 11) is 0.137. The standard InChI is InChI=1S/C12H22O10S.C6H15P.Au/c13-1-3-5(15)6(16)8(18)11(20-3)22-10-4(2-14)21-12(23)9(19)7(10)17;1-4-7(5-2)6-3;/h3-19,23H,1-2H2;4-6H2,1-3H3;/q;;+1/t3?,4?,5-,6+,7-,8?,9?,10-,11+,12+;;/m1../s1. The van der Waals surface area contributed by atoms with Crippen molar-refractivity contribution in [3.05, 3.63) is 0 Å². The van der Waals surface area contributed by atoms with Gasteiger partial charge < -0.3 is 62.6 Å². The molecule has 10 atom stereocenters. The van der Waals surface area contributed by atoms with E-state index in [2.05, 4.69) is 20.8 Å². The minimum atomic E-state index is -1.68. The van der Waals surface area contributed by atoms with E-state index in [-0.39, 0.29) is 30.3 Å². The molecular weight excluding hydrogens is 636 g/mol. The first-order valence-electron chi connectivity index (χ1n) is 10.2. The maximum absolute atomic E-state index is 10.0. The fourth-order valence-electron chi connectivity index (χ4n) is 3.31. The molecule has 7 N–H and O–H groups in total. The quantitative estimate of drug-likeness (QED) is 0.0861. The Labute approximate surface area is 205 Å². The molecule has 13 heteroatoms. The molecule has 0 aromatic carbocycles. The van der Waals surface area contributed by atoms with Gasteiger partial charge in [-0.1, -0.05) is 0 Å². The number of hydrogen-bond donors (Lipinski definition) is 7. The van der Waals surface area contributed by atoms with E-state index in [1.807, 2.05) is 0 Å². The Morgan fingerprint density at radius 1 is 0.742 bits per heavy atom. The first-order valence-corrected chi connectivity index (χ1v) is 12.8. The Morgan fingerprint density at radius 2 is 1.26 bits per heavy atom. The van der Waals surface area contributed by atoms with Gasteiger partial charge in [0.25, 0.3) is 0 Å². The molecule has 2 rings (SSSR count). The van der Waals surface area contributed by atoms with Gasteiger partial charge >= 0.3 is 22.4 Å². The number of aliphatic hydroxyl groups excluding tert-OH is 7. The fourth-order valence-corrected chi connectivity index (χ4v) is 5.11. The fraction of sp³-hybridized carbons (Fsp3) is 1.00. The first-order chi connectivity index (χ1) is 14.2. The van der Waals surface area contributed by atoms with Crippen molar-refractivity contribution in [1.29, 1.82) is 0 Å². The molecule has 0 radical (unpaired) electrons. The van der Waals surface area contributed by atoms with E-state index < -0.39 is 73.8 Å². The topological polar surface area (TPSA) is 169 Å². The summed E-state index contributed by atoms with van der Waals surface area (Å²) >= 11 is 4.80. The Hall–Kier alpha value is 1.12. The van der Waals surface area contributed by atoms with Crippen LogP contribution in [0.1, 0.15) is 20.8 Å². The third kappa shape index (κ3) is 8.69. The van der Waals surface area contributed by atoms with E-state index in [0.717, 1.165) is 0 Å². The molecule has 2 aliphatic heterocycles. The van der Waals surface area contributed by atoms with Crippen molar-refractivity contribution in [1.82, 2.24) is 0 Å². The van der Waals surface area contributed by atoms with E-state index in [0.29, 0.717) is 0 Å². The number of hydrogen-bond acceptors (Lipinski definition) is 11. The van der Waals surface area contributed by atoms with E-state index in [9.17, 15) is 30.6 Å². The van der Waals surface area contributed by atoms with Crippen LogP contribution in [0.4, 0.5) is 0 Å². The average molecular weight is 673 g/mol. The number of aliphatic hydroxyl groups is 7. The van der Waals surface area contributed by atoms with Gasteiger partial charge in [-0.05, 0) is 34.1 Å². The van der Waals surface area contributed by atoms with Gasteiger partial charge in [0.2, 0.25) is 0 Å². The van der Waals surface area contributed by atoms with Gasteiger partial charge in [0.1, 0.15) is 42.7 Å². The zero-order valence-electron chi connectivity index (χ0n) is 17.9. The molecular formula is C18H37AuO10PS+. The van der Waals surface area contributed by atoms with E-state index >= 15 is 0 Å². The van der Waals surface area contributed by atoms with Crippen molar-refractivity contribution in [2.75, 3.05) is 31.7 Å². The van der Waals surface area contributed by atoms with Crippen LogP contribution in [-0.2, 0) is 49.2 Å². The summed E-state index contributed by atoms with van der Waals surface area (Å²) in [6.45, 7) is 5.69. The summed E-state index contributed by atoms with van der Waals surface area (Å²) < 4.78 is 15.6. The maximum Gasteiger partial charge on any atom is 1.00 e. The molecule has 10 nitrogen and oxygen atoms in total. The molecule has 190 valence electrons. The van der Waals surface area contributed by atoms with Gasteiger partial charge in [0, 0.05) is 0 Å². The maximum atomic E-state index is 10.0. The second-order valence-corrected chi connectivity index (χ2v) is 11.4. The SMILES string of the molecule is CC[PH+](CC)CC.OCC1O[C@@H](O[C@@H]2C(CO)O[C@@H]([S-])C(O)[C@H]2O)C(O)[C@@H](O)[C@@H]1O.[Au+]. The molecule has 0 aromatic heterocycles. The second-order valence-electron chi connectivity index (χ2n) is 7.32. The second kappa shape index (κ2) is 15.9. The predicted molar refractivity (Wildman–Crippen MR) is 114 cm³/mol. The summed E-state index contributed by atoms with van der Waals surface area (Å²) in [5.41, 5.74) is -1.16. The van der Waals surface area contributed by atoms with Crippen LogP contribution in [0.5, 0.6) is 0 Å². The minimum Gasteiger partial charge on any atom is -0.759 e. The summed E-state index contributed by atoms with van der Waals surface area (Å²) in [6.07, 6.45) is -8.65. The van der Waals surface area contributed by atoms with Crippen LogP contribution in [0.3, 0.4) is 0 Å². The van der Waals surface area contributed by atoms with E-state index in [1.165, 1.54) is 18.5 Å². The van der Waals surface area contributed by atoms with Crippen LogP contribution in [-0.4, -0.2) is 128 Å². The summed E-state index contributed by atoms with van der Waals surface area (Å²) in [6, 6.07) is 0. The van der Waals surface area contributed by atoms with Gasteiger partial charge in [0.05, 0.1) is 37.8 Å². The summed E-state index contributed by atoms with van der Waals surface area (Å²) in [5.74, 6) is 0. The van der Waals surface area contributed by atoms with Crippen molar-refractivity contribution in [2.45, 2.75) is 81.3 Å². The van der Waals surface area contributed by atoms with Crippen LogP contribution >= 0.6 is 7.92 Å². The molecule has 2 heterocycles. The Balaban J connectivity index is 0.000000975. The molecule has 2 saturated heterocycles. The summed E-state index contributed by atoms with van der Waals surface area (Å²) in [4.78, 5) is 0. The monoisotopic (exact) mass is 673 g/mol. The molecule has 0 saturated carbocycles. The van der Waals surface area contributed by atoms with Crippen molar-refractivity contribution >= 4 is 20.6 Å². The average Bonchev–Trinajstić information content (AvgIpc) is 2.75. The Bertz CT molecular complexity index is 471. The van der Waals surface area contributed by atoms with Gasteiger partial charge in [-0.3, -0.25) is 0 Å². The molecule has 0 spiro atoms. The molecule has 31 heavy (non-hydrogen) atoms. The third-order valence-corrected chi connectivity index (χ3v) is 8.85. The zero-order chi connectivity index (χ0) is 23.0. The molecule has 0 aromatic rings. The number of ether oxygens (including phenoxy) is 3. The van der Waals surface area contributed by atoms with Gasteiger partial charge in [-0.2, -0.15) is 0 Å². The normalized spacial score (nSPS) is 40.6. The molecule has 0 amide bonds. The van der Waals surface area contributed by atoms with Crippen LogP contribution in [0.25, 0.3) is 0 Å². The van der Waals surface area contributed by atoms with E-state index in [4.69, 9.17) is 31.9 Å². The third-order valence-electron chi connectivity index (χ3n) is 5.46. The summed E-state index contributed by atoms with van der Waals surface area (Å²) in [5, 5.41) is 67.5. The minimum absolute atomic E-state index is 0. The molecule has 2 aliphatic rings.